The third-order valence-corrected chi connectivity index (χ3v) is 8.67. The Labute approximate surface area is 138 Å². The van der Waals surface area contributed by atoms with Gasteiger partial charge >= 0.3 is 5.97 Å². The summed E-state index contributed by atoms with van der Waals surface area (Å²) >= 11 is 0. The van der Waals surface area contributed by atoms with E-state index in [9.17, 15) is 14.9 Å². The quantitative estimate of drug-likeness (QED) is 0.334. The van der Waals surface area contributed by atoms with Gasteiger partial charge < -0.3 is 9.16 Å². The number of non-ortho nitro benzene ring substituents is 1. The number of carbonyl (C=O) groups excluding carboxylic acids is 1. The van der Waals surface area contributed by atoms with Crippen molar-refractivity contribution >= 4 is 20.0 Å². The molecule has 1 aromatic carbocycles. The Morgan fingerprint density at radius 2 is 1.91 bits per heavy atom. The summed E-state index contributed by atoms with van der Waals surface area (Å²) in [6.07, 6.45) is 0. The number of nitro groups is 1. The number of hydrogen-bond acceptors (Lipinski definition) is 5. The zero-order valence-electron chi connectivity index (χ0n) is 14.6. The van der Waals surface area contributed by atoms with Crippen molar-refractivity contribution in [3.05, 3.63) is 39.4 Å². The summed E-state index contributed by atoms with van der Waals surface area (Å²) in [5, 5.41) is 11.0. The first-order chi connectivity index (χ1) is 10.5. The van der Waals surface area contributed by atoms with Crippen LogP contribution in [0.15, 0.2) is 18.2 Å². The molecule has 0 unspecified atom stereocenters. The average molecular weight is 339 g/mol. The molecule has 0 N–H and O–H groups in total. The predicted octanol–water partition coefficient (Wildman–Crippen LogP) is 4.29. The molecule has 0 fully saturated rings. The number of rotatable bonds is 6. The second kappa shape index (κ2) is 7.23. The summed E-state index contributed by atoms with van der Waals surface area (Å²) in [5.41, 5.74) is 0.669. The van der Waals surface area contributed by atoms with Gasteiger partial charge in [0.25, 0.3) is 5.69 Å². The number of esters is 1. The summed E-state index contributed by atoms with van der Waals surface area (Å²) in [7, 11) is -1.99. The van der Waals surface area contributed by atoms with Gasteiger partial charge in [-0.15, -0.1) is 0 Å². The number of hydrogen-bond donors (Lipinski definition) is 0. The number of carbonyl (C=O) groups is 1. The maximum Gasteiger partial charge on any atom is 0.338 e. The van der Waals surface area contributed by atoms with Gasteiger partial charge in [0, 0.05) is 12.1 Å². The lowest BCUT2D eigenvalue weighted by Gasteiger charge is -2.36. The summed E-state index contributed by atoms with van der Waals surface area (Å²) in [5.74, 6) is -0.565. The Morgan fingerprint density at radius 1 is 1.30 bits per heavy atom. The van der Waals surface area contributed by atoms with Crippen LogP contribution in [0.5, 0.6) is 0 Å². The SMILES string of the molecule is CCOC(=O)c1cc([N+](=O)[O-])ccc1CO[Si](C)(C)C(C)(C)C. The van der Waals surface area contributed by atoms with Crippen molar-refractivity contribution in [1.82, 2.24) is 0 Å². The minimum atomic E-state index is -1.99. The lowest BCUT2D eigenvalue weighted by molar-refractivity contribution is -0.384. The third kappa shape index (κ3) is 4.87. The third-order valence-electron chi connectivity index (χ3n) is 4.19. The highest BCUT2D eigenvalue weighted by atomic mass is 28.4. The van der Waals surface area contributed by atoms with Gasteiger partial charge in [-0.2, -0.15) is 0 Å². The van der Waals surface area contributed by atoms with Gasteiger partial charge in [0.15, 0.2) is 8.32 Å². The van der Waals surface area contributed by atoms with Crippen LogP contribution in [0.3, 0.4) is 0 Å². The van der Waals surface area contributed by atoms with Gasteiger partial charge in [-0.25, -0.2) is 4.79 Å². The van der Waals surface area contributed by atoms with Gasteiger partial charge in [0.05, 0.1) is 23.7 Å². The van der Waals surface area contributed by atoms with Crippen LogP contribution < -0.4 is 0 Å². The predicted molar refractivity (Wildman–Crippen MR) is 91.0 cm³/mol. The number of nitrogens with zero attached hydrogens (tertiary/aromatic N) is 1. The standard InChI is InChI=1S/C16H25NO5Si/c1-7-21-15(18)14-10-13(17(19)20)9-8-12(14)11-22-23(5,6)16(2,3)4/h8-10H,7,11H2,1-6H3. The summed E-state index contributed by atoms with van der Waals surface area (Å²) in [6, 6.07) is 4.20. The lowest BCUT2D eigenvalue weighted by Crippen LogP contribution is -2.40. The molecule has 0 bridgehead atoms. The van der Waals surface area contributed by atoms with Crippen LogP contribution in [0.4, 0.5) is 5.69 Å². The largest absolute Gasteiger partial charge is 0.462 e. The molecule has 0 radical (unpaired) electrons. The number of benzene rings is 1. The molecule has 6 nitrogen and oxygen atoms in total. The summed E-state index contributed by atoms with van der Waals surface area (Å²) in [6.45, 7) is 12.8. The molecule has 1 rings (SSSR count). The monoisotopic (exact) mass is 339 g/mol. The van der Waals surface area contributed by atoms with Crippen LogP contribution in [-0.2, 0) is 15.8 Å². The Morgan fingerprint density at radius 3 is 2.39 bits per heavy atom. The van der Waals surface area contributed by atoms with Gasteiger partial charge in [0.2, 0.25) is 0 Å². The van der Waals surface area contributed by atoms with E-state index in [1.807, 2.05) is 0 Å². The first kappa shape index (κ1) is 19.3. The molecule has 0 aliphatic heterocycles. The molecule has 0 amide bonds. The normalized spacial score (nSPS) is 12.1. The van der Waals surface area contributed by atoms with Crippen LogP contribution in [0, 0.1) is 10.1 Å². The lowest BCUT2D eigenvalue weighted by atomic mass is 10.1. The highest BCUT2D eigenvalue weighted by molar-refractivity contribution is 6.74. The highest BCUT2D eigenvalue weighted by Gasteiger charge is 2.37. The van der Waals surface area contributed by atoms with Gasteiger partial charge in [0.1, 0.15) is 0 Å². The van der Waals surface area contributed by atoms with Crippen LogP contribution in [-0.4, -0.2) is 25.8 Å². The van der Waals surface area contributed by atoms with Gasteiger partial charge in [-0.3, -0.25) is 10.1 Å². The number of nitro benzene ring substituents is 1. The van der Waals surface area contributed by atoms with Crippen LogP contribution in [0.1, 0.15) is 43.6 Å². The molecule has 128 valence electrons. The molecule has 0 spiro atoms. The minimum absolute atomic E-state index is 0.0396. The van der Waals surface area contributed by atoms with Crippen LogP contribution in [0.2, 0.25) is 18.1 Å². The smallest absolute Gasteiger partial charge is 0.338 e. The van der Waals surface area contributed by atoms with Crippen molar-refractivity contribution in [2.45, 2.75) is 52.4 Å². The topological polar surface area (TPSA) is 78.7 Å². The molecule has 0 heterocycles. The summed E-state index contributed by atoms with van der Waals surface area (Å²) in [4.78, 5) is 22.5. The van der Waals surface area contributed by atoms with Gasteiger partial charge in [-0.05, 0) is 36.7 Å². The molecule has 23 heavy (non-hydrogen) atoms. The van der Waals surface area contributed by atoms with Crippen molar-refractivity contribution in [2.24, 2.45) is 0 Å². The Kier molecular flexibility index (Phi) is 6.07. The molecular formula is C16H25NO5Si. The zero-order chi connectivity index (χ0) is 17.8. The molecule has 1 aromatic rings. The average Bonchev–Trinajstić information content (AvgIpc) is 2.43. The van der Waals surface area contributed by atoms with Crippen molar-refractivity contribution in [2.75, 3.05) is 6.61 Å². The van der Waals surface area contributed by atoms with Crippen molar-refractivity contribution < 1.29 is 18.9 Å². The molecule has 0 saturated carbocycles. The fourth-order valence-corrected chi connectivity index (χ4v) is 2.63. The van der Waals surface area contributed by atoms with E-state index in [0.29, 0.717) is 5.56 Å². The Balaban J connectivity index is 3.10. The zero-order valence-corrected chi connectivity index (χ0v) is 15.6. The maximum absolute atomic E-state index is 12.1. The fraction of sp³-hybridized carbons (Fsp3) is 0.562. The van der Waals surface area contributed by atoms with E-state index >= 15 is 0 Å². The highest BCUT2D eigenvalue weighted by Crippen LogP contribution is 2.37. The molecule has 0 saturated heterocycles. The van der Waals surface area contributed by atoms with Crippen molar-refractivity contribution in [3.63, 3.8) is 0 Å². The fourth-order valence-electron chi connectivity index (χ4n) is 1.68. The first-order valence-electron chi connectivity index (χ1n) is 7.58. The second-order valence-electron chi connectivity index (χ2n) is 6.87. The van der Waals surface area contributed by atoms with E-state index in [1.165, 1.54) is 12.1 Å². The molecular weight excluding hydrogens is 314 g/mol. The van der Waals surface area contributed by atoms with E-state index in [-0.39, 0.29) is 29.5 Å². The van der Waals surface area contributed by atoms with E-state index in [4.69, 9.17) is 9.16 Å². The van der Waals surface area contributed by atoms with Gasteiger partial charge in [-0.1, -0.05) is 20.8 Å². The minimum Gasteiger partial charge on any atom is -0.462 e. The van der Waals surface area contributed by atoms with Crippen molar-refractivity contribution in [1.29, 1.82) is 0 Å². The molecule has 7 heteroatoms. The second-order valence-corrected chi connectivity index (χ2v) is 11.7. The first-order valence-corrected chi connectivity index (χ1v) is 10.5. The Hall–Kier alpha value is -1.73. The van der Waals surface area contributed by atoms with E-state index < -0.39 is 19.2 Å². The van der Waals surface area contributed by atoms with E-state index in [2.05, 4.69) is 33.9 Å². The van der Waals surface area contributed by atoms with Crippen LogP contribution >= 0.6 is 0 Å². The Bertz CT molecular complexity index is 593. The summed E-state index contributed by atoms with van der Waals surface area (Å²) < 4.78 is 11.1. The van der Waals surface area contributed by atoms with Crippen LogP contribution in [0.25, 0.3) is 0 Å². The molecule has 0 atom stereocenters. The molecule has 0 aliphatic rings. The van der Waals surface area contributed by atoms with Crippen molar-refractivity contribution in [3.8, 4) is 0 Å². The molecule has 0 aromatic heterocycles. The van der Waals surface area contributed by atoms with E-state index in [0.717, 1.165) is 0 Å². The molecule has 0 aliphatic carbocycles. The van der Waals surface area contributed by atoms with E-state index in [1.54, 1.807) is 13.0 Å². The maximum atomic E-state index is 12.1. The number of ether oxygens (including phenoxy) is 1.